The Balaban J connectivity index is 2.38. The normalized spacial score (nSPS) is 49.1. The van der Waals surface area contributed by atoms with Crippen molar-refractivity contribution < 1.29 is 44.2 Å². The molecule has 2 aliphatic rings. The quantitative estimate of drug-likeness (QED) is 0.386. The van der Waals surface area contributed by atoms with E-state index in [1.54, 1.807) is 27.7 Å². The molecule has 0 aromatic heterocycles. The molecule has 2 rings (SSSR count). The number of likely N-dealkylation sites (N-methyl/N-ethyl adjacent to an activating group) is 1. The standard InChI is InChI=1S/C28H53NO9/c1-16-11-26(6,33)12-17(2)22(38-21-13-28(8,35-10)24(31)20(5)37-21)18(3)25(32)36-15-27(7,34)23(30)19(4)29(9)14-16/h16-24,30-31,33-34H,11-15H2,1-10H3/t16-,17-,18?,19-,20+,21?,22+,23-,24?,26-,27-,28-/m1/s1. The van der Waals surface area contributed by atoms with Gasteiger partial charge in [0.1, 0.15) is 24.4 Å². The molecule has 3 unspecified atom stereocenters. The second kappa shape index (κ2) is 12.8. The van der Waals surface area contributed by atoms with Crippen molar-refractivity contribution in [2.45, 2.75) is 128 Å². The number of hydrogen-bond acceptors (Lipinski definition) is 10. The lowest BCUT2D eigenvalue weighted by atomic mass is 9.80. The maximum Gasteiger partial charge on any atom is 0.311 e. The number of aliphatic hydroxyl groups excluding tert-OH is 2. The third kappa shape index (κ3) is 8.10. The predicted octanol–water partition coefficient (Wildman–Crippen LogP) is 1.70. The molecule has 0 aromatic carbocycles. The summed E-state index contributed by atoms with van der Waals surface area (Å²) in [6.45, 7) is 14.5. The van der Waals surface area contributed by atoms with Crippen molar-refractivity contribution in [2.24, 2.45) is 17.8 Å². The number of carbonyl (C=O) groups excluding carboxylic acids is 1. The lowest BCUT2D eigenvalue weighted by molar-refractivity contribution is -0.296. The minimum atomic E-state index is -1.67. The lowest BCUT2D eigenvalue weighted by Gasteiger charge is -2.46. The first kappa shape index (κ1) is 33.4. The van der Waals surface area contributed by atoms with E-state index in [2.05, 4.69) is 0 Å². The van der Waals surface area contributed by atoms with Gasteiger partial charge in [0.25, 0.3) is 0 Å². The van der Waals surface area contributed by atoms with Crippen LogP contribution in [0.1, 0.15) is 74.7 Å². The highest BCUT2D eigenvalue weighted by Crippen LogP contribution is 2.37. The topological polar surface area (TPSA) is 138 Å². The predicted molar refractivity (Wildman–Crippen MR) is 142 cm³/mol. The fourth-order valence-corrected chi connectivity index (χ4v) is 6.21. The first-order valence-corrected chi connectivity index (χ1v) is 13.9. The molecule has 10 heteroatoms. The molecule has 0 aliphatic carbocycles. The molecule has 2 saturated heterocycles. The van der Waals surface area contributed by atoms with Crippen molar-refractivity contribution in [3.8, 4) is 0 Å². The highest BCUT2D eigenvalue weighted by atomic mass is 16.7. The van der Waals surface area contributed by atoms with Gasteiger partial charge >= 0.3 is 5.97 Å². The van der Waals surface area contributed by atoms with Crippen molar-refractivity contribution in [3.05, 3.63) is 0 Å². The zero-order valence-electron chi connectivity index (χ0n) is 25.0. The molecule has 38 heavy (non-hydrogen) atoms. The van der Waals surface area contributed by atoms with E-state index in [1.807, 2.05) is 32.7 Å². The maximum absolute atomic E-state index is 13.2. The van der Waals surface area contributed by atoms with Crippen LogP contribution in [-0.2, 0) is 23.7 Å². The van der Waals surface area contributed by atoms with Crippen LogP contribution in [-0.4, -0.2) is 112 Å². The highest BCUT2D eigenvalue weighted by Gasteiger charge is 2.47. The van der Waals surface area contributed by atoms with Crippen LogP contribution in [0.3, 0.4) is 0 Å². The Hall–Kier alpha value is -0.850. The van der Waals surface area contributed by atoms with Crippen LogP contribution in [0.5, 0.6) is 0 Å². The number of esters is 1. The number of methoxy groups -OCH3 is 1. The van der Waals surface area contributed by atoms with Gasteiger partial charge in [-0.05, 0) is 73.3 Å². The molecule has 0 amide bonds. The Morgan fingerprint density at radius 2 is 1.58 bits per heavy atom. The van der Waals surface area contributed by atoms with E-state index in [9.17, 15) is 25.2 Å². The summed E-state index contributed by atoms with van der Waals surface area (Å²) in [5.74, 6) is -1.53. The molecular weight excluding hydrogens is 494 g/mol. The second-order valence-electron chi connectivity index (χ2n) is 12.9. The van der Waals surface area contributed by atoms with E-state index >= 15 is 0 Å². The molecular formula is C28H53NO9. The molecule has 0 aromatic rings. The average Bonchev–Trinajstić information content (AvgIpc) is 2.81. The molecule has 0 spiro atoms. The monoisotopic (exact) mass is 547 g/mol. The second-order valence-corrected chi connectivity index (χ2v) is 12.9. The van der Waals surface area contributed by atoms with Gasteiger partial charge in [0.15, 0.2) is 6.29 Å². The van der Waals surface area contributed by atoms with Crippen LogP contribution in [0.15, 0.2) is 0 Å². The summed E-state index contributed by atoms with van der Waals surface area (Å²) in [4.78, 5) is 15.2. The Labute approximate surface area is 228 Å². The summed E-state index contributed by atoms with van der Waals surface area (Å²) in [6, 6.07) is -0.412. The summed E-state index contributed by atoms with van der Waals surface area (Å²) < 4.78 is 23.5. The fourth-order valence-electron chi connectivity index (χ4n) is 6.21. The third-order valence-electron chi connectivity index (χ3n) is 8.65. The van der Waals surface area contributed by atoms with Gasteiger partial charge in [-0.15, -0.1) is 0 Å². The van der Waals surface area contributed by atoms with Crippen LogP contribution in [0.2, 0.25) is 0 Å². The molecule has 2 fully saturated rings. The van der Waals surface area contributed by atoms with Crippen molar-refractivity contribution in [3.63, 3.8) is 0 Å². The molecule has 10 nitrogen and oxygen atoms in total. The number of cyclic esters (lactones) is 1. The summed E-state index contributed by atoms with van der Waals surface area (Å²) in [5, 5.41) is 43.9. The van der Waals surface area contributed by atoms with E-state index in [4.69, 9.17) is 18.9 Å². The van der Waals surface area contributed by atoms with E-state index in [1.165, 1.54) is 14.0 Å². The van der Waals surface area contributed by atoms with E-state index in [-0.39, 0.29) is 24.9 Å². The zero-order valence-corrected chi connectivity index (χ0v) is 25.0. The number of ether oxygens (including phenoxy) is 4. The molecule has 0 saturated carbocycles. The number of aliphatic hydroxyl groups is 4. The zero-order chi connectivity index (χ0) is 29.2. The van der Waals surface area contributed by atoms with Gasteiger partial charge in [-0.3, -0.25) is 4.79 Å². The molecule has 0 bridgehead atoms. The maximum atomic E-state index is 13.2. The number of nitrogens with zero attached hydrogens (tertiary/aromatic N) is 1. The highest BCUT2D eigenvalue weighted by molar-refractivity contribution is 5.72. The molecule has 0 radical (unpaired) electrons. The third-order valence-corrected chi connectivity index (χ3v) is 8.65. The molecule has 12 atom stereocenters. The van der Waals surface area contributed by atoms with Crippen LogP contribution >= 0.6 is 0 Å². The van der Waals surface area contributed by atoms with Gasteiger partial charge in [-0.2, -0.15) is 0 Å². The van der Waals surface area contributed by atoms with E-state index in [0.717, 1.165) is 0 Å². The van der Waals surface area contributed by atoms with Crippen molar-refractivity contribution >= 4 is 5.97 Å². The molecule has 2 heterocycles. The van der Waals surface area contributed by atoms with Gasteiger partial charge in [0.2, 0.25) is 0 Å². The van der Waals surface area contributed by atoms with Gasteiger partial charge < -0.3 is 44.3 Å². The minimum absolute atomic E-state index is 0.0908. The smallest absolute Gasteiger partial charge is 0.311 e. The lowest BCUT2D eigenvalue weighted by Crippen LogP contribution is -2.57. The summed E-state index contributed by atoms with van der Waals surface area (Å²) in [7, 11) is 3.39. The van der Waals surface area contributed by atoms with E-state index in [0.29, 0.717) is 19.4 Å². The van der Waals surface area contributed by atoms with Gasteiger partial charge in [0, 0.05) is 26.1 Å². The van der Waals surface area contributed by atoms with Crippen molar-refractivity contribution in [1.29, 1.82) is 0 Å². The van der Waals surface area contributed by atoms with E-state index < -0.39 is 65.4 Å². The molecule has 2 aliphatic heterocycles. The van der Waals surface area contributed by atoms with Crippen LogP contribution in [0.25, 0.3) is 0 Å². The minimum Gasteiger partial charge on any atom is -0.462 e. The number of hydrogen-bond donors (Lipinski definition) is 4. The number of carbonyl (C=O) groups is 1. The fraction of sp³-hybridized carbons (Fsp3) is 0.964. The Morgan fingerprint density at radius 3 is 2.16 bits per heavy atom. The van der Waals surface area contributed by atoms with Gasteiger partial charge in [-0.1, -0.05) is 13.8 Å². The molecule has 224 valence electrons. The van der Waals surface area contributed by atoms with Gasteiger partial charge in [-0.25, -0.2) is 0 Å². The van der Waals surface area contributed by atoms with Crippen LogP contribution < -0.4 is 0 Å². The summed E-state index contributed by atoms with van der Waals surface area (Å²) in [5.41, 5.74) is -3.61. The first-order chi connectivity index (χ1) is 17.3. The van der Waals surface area contributed by atoms with Crippen molar-refractivity contribution in [2.75, 3.05) is 27.3 Å². The first-order valence-electron chi connectivity index (χ1n) is 13.9. The number of rotatable bonds is 3. The van der Waals surface area contributed by atoms with Gasteiger partial charge in [0.05, 0.1) is 29.3 Å². The SMILES string of the molecule is CO[C@]1(C)CC(O[C@@H]2C(C)C(=O)OC[C@@](C)(O)[C@H](O)[C@@H](C)N(C)C[C@H](C)C[C@@](C)(O)C[C@H]2C)O[C@@H](C)C1O. The largest absolute Gasteiger partial charge is 0.462 e. The Bertz CT molecular complexity index is 777. The Morgan fingerprint density at radius 1 is 0.974 bits per heavy atom. The van der Waals surface area contributed by atoms with Crippen molar-refractivity contribution in [1.82, 2.24) is 4.90 Å². The summed E-state index contributed by atoms with van der Waals surface area (Å²) in [6.07, 6.45) is -2.92. The Kier molecular flexibility index (Phi) is 11.2. The van der Waals surface area contributed by atoms with Crippen LogP contribution in [0, 0.1) is 17.8 Å². The molecule has 4 N–H and O–H groups in total. The average molecular weight is 548 g/mol. The summed E-state index contributed by atoms with van der Waals surface area (Å²) >= 11 is 0. The van der Waals surface area contributed by atoms with Crippen LogP contribution in [0.4, 0.5) is 0 Å².